The second kappa shape index (κ2) is 5.83. The van der Waals surface area contributed by atoms with E-state index in [1.165, 1.54) is 32.1 Å². The van der Waals surface area contributed by atoms with E-state index in [9.17, 15) is 0 Å². The summed E-state index contributed by atoms with van der Waals surface area (Å²) in [4.78, 5) is 0. The molecule has 1 aliphatic rings. The van der Waals surface area contributed by atoms with Crippen LogP contribution in [0, 0.1) is 5.92 Å². The monoisotopic (exact) mass is 250 g/mol. The number of rotatable bonds is 5. The molecule has 0 radical (unpaired) electrons. The zero-order valence-electron chi connectivity index (χ0n) is 11.9. The molecule has 4 heteroatoms. The van der Waals surface area contributed by atoms with Gasteiger partial charge in [0.05, 0.1) is 5.69 Å². The van der Waals surface area contributed by atoms with Crippen molar-refractivity contribution in [3.63, 3.8) is 0 Å². The fourth-order valence-electron chi connectivity index (χ4n) is 2.50. The first kappa shape index (κ1) is 13.5. The number of nitrogens with zero attached hydrogens (tertiary/aromatic N) is 3. The van der Waals surface area contributed by atoms with E-state index in [0.717, 1.165) is 24.7 Å². The van der Waals surface area contributed by atoms with Gasteiger partial charge in [-0.25, -0.2) is 0 Å². The van der Waals surface area contributed by atoms with Crippen molar-refractivity contribution >= 4 is 0 Å². The Morgan fingerprint density at radius 3 is 2.72 bits per heavy atom. The van der Waals surface area contributed by atoms with Crippen LogP contribution in [0.3, 0.4) is 0 Å². The molecule has 0 atom stereocenters. The van der Waals surface area contributed by atoms with Gasteiger partial charge in [0.15, 0.2) is 0 Å². The van der Waals surface area contributed by atoms with Crippen molar-refractivity contribution in [2.75, 3.05) is 0 Å². The average Bonchev–Trinajstić information content (AvgIpc) is 2.94. The van der Waals surface area contributed by atoms with Gasteiger partial charge in [-0.3, -0.25) is 4.68 Å². The molecule has 1 fully saturated rings. The largest absolute Gasteiger partial charge is 0.306 e. The predicted molar refractivity (Wildman–Crippen MR) is 73.2 cm³/mol. The van der Waals surface area contributed by atoms with E-state index >= 15 is 0 Å². The Morgan fingerprint density at radius 2 is 2.06 bits per heavy atom. The predicted octanol–water partition coefficient (Wildman–Crippen LogP) is 2.75. The van der Waals surface area contributed by atoms with Crippen LogP contribution in [0.25, 0.3) is 0 Å². The second-order valence-corrected chi connectivity index (χ2v) is 6.52. The molecule has 0 bridgehead atoms. The summed E-state index contributed by atoms with van der Waals surface area (Å²) in [5.74, 6) is 0.922. The normalized spacial score (nSPS) is 17.5. The van der Waals surface area contributed by atoms with Gasteiger partial charge in [0.25, 0.3) is 0 Å². The molecule has 1 heterocycles. The SMILES string of the molecule is CC(C)(C)NCc1cn(CCC2CCCC2)nn1. The second-order valence-electron chi connectivity index (χ2n) is 6.52. The Bertz CT molecular complexity index is 358. The van der Waals surface area contributed by atoms with Gasteiger partial charge in [-0.05, 0) is 33.1 Å². The topological polar surface area (TPSA) is 42.7 Å². The van der Waals surface area contributed by atoms with E-state index in [1.54, 1.807) is 0 Å². The van der Waals surface area contributed by atoms with Crippen molar-refractivity contribution in [1.29, 1.82) is 0 Å². The van der Waals surface area contributed by atoms with Gasteiger partial charge in [0.2, 0.25) is 0 Å². The standard InChI is InChI=1S/C14H26N4/c1-14(2,3)15-10-13-11-18(17-16-13)9-8-12-6-4-5-7-12/h11-12,15H,4-10H2,1-3H3. The fraction of sp³-hybridized carbons (Fsp3) is 0.857. The molecule has 1 N–H and O–H groups in total. The van der Waals surface area contributed by atoms with Gasteiger partial charge >= 0.3 is 0 Å². The first-order valence-corrected chi connectivity index (χ1v) is 7.17. The lowest BCUT2D eigenvalue weighted by atomic mass is 10.0. The van der Waals surface area contributed by atoms with Gasteiger partial charge in [0, 0.05) is 24.8 Å². The Morgan fingerprint density at radius 1 is 1.33 bits per heavy atom. The molecule has 18 heavy (non-hydrogen) atoms. The smallest absolute Gasteiger partial charge is 0.0965 e. The highest BCUT2D eigenvalue weighted by Gasteiger charge is 2.15. The van der Waals surface area contributed by atoms with Crippen molar-refractivity contribution < 1.29 is 0 Å². The molecule has 0 amide bonds. The quantitative estimate of drug-likeness (QED) is 0.873. The molecule has 4 nitrogen and oxygen atoms in total. The van der Waals surface area contributed by atoms with Crippen molar-refractivity contribution in [2.45, 2.75) is 71.5 Å². The summed E-state index contributed by atoms with van der Waals surface area (Å²) in [6.07, 6.45) is 9.00. The maximum Gasteiger partial charge on any atom is 0.0965 e. The zero-order chi connectivity index (χ0) is 13.0. The molecule has 1 aliphatic carbocycles. The Balaban J connectivity index is 1.75. The van der Waals surface area contributed by atoms with Crippen molar-refractivity contribution in [3.8, 4) is 0 Å². The van der Waals surface area contributed by atoms with Gasteiger partial charge in [0.1, 0.15) is 0 Å². The lowest BCUT2D eigenvalue weighted by Crippen LogP contribution is -2.35. The van der Waals surface area contributed by atoms with Crippen LogP contribution >= 0.6 is 0 Å². The van der Waals surface area contributed by atoms with Gasteiger partial charge in [-0.2, -0.15) is 0 Å². The minimum absolute atomic E-state index is 0.133. The van der Waals surface area contributed by atoms with Crippen LogP contribution in [0.15, 0.2) is 6.20 Å². The number of aryl methyl sites for hydroxylation is 1. The number of hydrogen-bond acceptors (Lipinski definition) is 3. The Hall–Kier alpha value is -0.900. The van der Waals surface area contributed by atoms with E-state index in [2.05, 4.69) is 42.6 Å². The molecule has 2 rings (SSSR count). The van der Waals surface area contributed by atoms with Gasteiger partial charge in [-0.15, -0.1) is 5.10 Å². The number of aromatic nitrogens is 3. The van der Waals surface area contributed by atoms with Crippen LogP contribution in [0.1, 0.15) is 58.6 Å². The van der Waals surface area contributed by atoms with Crippen LogP contribution < -0.4 is 5.32 Å². The molecule has 102 valence electrons. The van der Waals surface area contributed by atoms with E-state index in [-0.39, 0.29) is 5.54 Å². The maximum atomic E-state index is 4.21. The number of nitrogens with one attached hydrogen (secondary N) is 1. The lowest BCUT2D eigenvalue weighted by molar-refractivity contribution is 0.421. The summed E-state index contributed by atoms with van der Waals surface area (Å²) in [6, 6.07) is 0. The molecule has 1 saturated carbocycles. The van der Waals surface area contributed by atoms with Crippen molar-refractivity contribution in [2.24, 2.45) is 5.92 Å². The third-order valence-electron chi connectivity index (χ3n) is 3.63. The first-order chi connectivity index (χ1) is 8.53. The first-order valence-electron chi connectivity index (χ1n) is 7.17. The minimum atomic E-state index is 0.133. The van der Waals surface area contributed by atoms with Gasteiger partial charge < -0.3 is 5.32 Å². The molecule has 1 aromatic rings. The molecular weight excluding hydrogens is 224 g/mol. The van der Waals surface area contributed by atoms with Crippen LogP contribution in [0.2, 0.25) is 0 Å². The summed E-state index contributed by atoms with van der Waals surface area (Å²) in [5, 5.41) is 11.9. The molecule has 1 aromatic heterocycles. The Labute approximate surface area is 110 Å². The summed E-state index contributed by atoms with van der Waals surface area (Å²) < 4.78 is 2.00. The highest BCUT2D eigenvalue weighted by molar-refractivity contribution is 4.93. The van der Waals surface area contributed by atoms with E-state index in [1.807, 2.05) is 4.68 Å². The third kappa shape index (κ3) is 4.41. The van der Waals surface area contributed by atoms with Crippen LogP contribution in [0.5, 0.6) is 0 Å². The van der Waals surface area contributed by atoms with E-state index in [0.29, 0.717) is 0 Å². The third-order valence-corrected chi connectivity index (χ3v) is 3.63. The van der Waals surface area contributed by atoms with Crippen LogP contribution in [0.4, 0.5) is 0 Å². The summed E-state index contributed by atoms with van der Waals surface area (Å²) in [5.41, 5.74) is 1.17. The average molecular weight is 250 g/mol. The fourth-order valence-corrected chi connectivity index (χ4v) is 2.50. The molecule has 0 aromatic carbocycles. The Kier molecular flexibility index (Phi) is 4.38. The van der Waals surface area contributed by atoms with Crippen molar-refractivity contribution in [3.05, 3.63) is 11.9 Å². The van der Waals surface area contributed by atoms with Crippen LogP contribution in [-0.4, -0.2) is 20.5 Å². The highest BCUT2D eigenvalue weighted by Crippen LogP contribution is 2.27. The zero-order valence-corrected chi connectivity index (χ0v) is 11.9. The van der Waals surface area contributed by atoms with E-state index in [4.69, 9.17) is 0 Å². The number of hydrogen-bond donors (Lipinski definition) is 1. The lowest BCUT2D eigenvalue weighted by Gasteiger charge is -2.19. The maximum absolute atomic E-state index is 4.21. The molecule has 0 unspecified atom stereocenters. The van der Waals surface area contributed by atoms with Crippen molar-refractivity contribution in [1.82, 2.24) is 20.3 Å². The molecular formula is C14H26N4. The van der Waals surface area contributed by atoms with Crippen LogP contribution in [-0.2, 0) is 13.1 Å². The molecule has 0 saturated heterocycles. The van der Waals surface area contributed by atoms with Gasteiger partial charge in [-0.1, -0.05) is 30.9 Å². The minimum Gasteiger partial charge on any atom is -0.306 e. The highest BCUT2D eigenvalue weighted by atomic mass is 15.4. The summed E-state index contributed by atoms with van der Waals surface area (Å²) in [6.45, 7) is 8.31. The molecule has 0 aliphatic heterocycles. The summed E-state index contributed by atoms with van der Waals surface area (Å²) >= 11 is 0. The van der Waals surface area contributed by atoms with E-state index < -0.39 is 0 Å². The molecule has 0 spiro atoms. The summed E-state index contributed by atoms with van der Waals surface area (Å²) in [7, 11) is 0.